The predicted molar refractivity (Wildman–Crippen MR) is 48.2 cm³/mol. The molecule has 0 radical (unpaired) electrons. The first-order valence-electron chi connectivity index (χ1n) is 4.56. The van der Waals surface area contributed by atoms with E-state index in [9.17, 15) is 8.78 Å². The molecule has 0 aromatic carbocycles. The summed E-state index contributed by atoms with van der Waals surface area (Å²) < 4.78 is 26.8. The summed E-state index contributed by atoms with van der Waals surface area (Å²) in [6.07, 6.45) is 0. The van der Waals surface area contributed by atoms with E-state index in [1.165, 1.54) is 0 Å². The van der Waals surface area contributed by atoms with Gasteiger partial charge in [0.25, 0.3) is 5.92 Å². The molecule has 1 fully saturated rings. The largest absolute Gasteiger partial charge is 0.286 e. The van der Waals surface area contributed by atoms with Crippen LogP contribution in [0.25, 0.3) is 0 Å². The maximum Gasteiger partial charge on any atom is 0.272 e. The van der Waals surface area contributed by atoms with Crippen molar-refractivity contribution < 1.29 is 8.78 Å². The number of alkyl halides is 2. The van der Waals surface area contributed by atoms with Crippen molar-refractivity contribution in [3.05, 3.63) is 17.5 Å². The highest BCUT2D eigenvalue weighted by Gasteiger charge is 2.43. The lowest BCUT2D eigenvalue weighted by molar-refractivity contribution is -0.134. The van der Waals surface area contributed by atoms with E-state index in [0.29, 0.717) is 6.54 Å². The van der Waals surface area contributed by atoms with Gasteiger partial charge in [-0.2, -0.15) is 5.10 Å². The Morgan fingerprint density at radius 2 is 2.14 bits per heavy atom. The monoisotopic (exact) mass is 201 g/mol. The van der Waals surface area contributed by atoms with Gasteiger partial charge in [-0.15, -0.1) is 0 Å². The van der Waals surface area contributed by atoms with Gasteiger partial charge in [0.1, 0.15) is 0 Å². The number of hydrogen-bond donors (Lipinski definition) is 0. The molecule has 0 amide bonds. The molecule has 0 saturated carbocycles. The minimum Gasteiger partial charge on any atom is -0.286 e. The Labute approximate surface area is 81.3 Å². The number of aromatic nitrogens is 2. The second-order valence-electron chi connectivity index (χ2n) is 3.90. The van der Waals surface area contributed by atoms with Crippen molar-refractivity contribution in [3.63, 3.8) is 0 Å². The van der Waals surface area contributed by atoms with Crippen LogP contribution in [0.1, 0.15) is 11.4 Å². The summed E-state index contributed by atoms with van der Waals surface area (Å²) in [7, 11) is 1.83. The smallest absolute Gasteiger partial charge is 0.272 e. The van der Waals surface area contributed by atoms with Crippen LogP contribution in [-0.4, -0.2) is 33.7 Å². The van der Waals surface area contributed by atoms with Gasteiger partial charge < -0.3 is 0 Å². The summed E-state index contributed by atoms with van der Waals surface area (Å²) in [5, 5.41) is 4.16. The zero-order valence-corrected chi connectivity index (χ0v) is 8.30. The molecule has 0 N–H and O–H groups in total. The molecule has 0 unspecified atom stereocenters. The third-order valence-electron chi connectivity index (χ3n) is 2.39. The van der Waals surface area contributed by atoms with Crippen molar-refractivity contribution in [2.75, 3.05) is 13.1 Å². The Bertz CT molecular complexity index is 338. The second kappa shape index (κ2) is 3.02. The normalized spacial score (nSPS) is 20.9. The molecule has 14 heavy (non-hydrogen) atoms. The zero-order valence-electron chi connectivity index (χ0n) is 8.30. The van der Waals surface area contributed by atoms with Gasteiger partial charge in [0.05, 0.1) is 24.5 Å². The molecule has 0 spiro atoms. The summed E-state index contributed by atoms with van der Waals surface area (Å²) in [5.41, 5.74) is 1.91. The first-order chi connectivity index (χ1) is 6.46. The summed E-state index contributed by atoms with van der Waals surface area (Å²) >= 11 is 0. The van der Waals surface area contributed by atoms with Crippen LogP contribution in [0.5, 0.6) is 0 Å². The van der Waals surface area contributed by atoms with Gasteiger partial charge in [0.2, 0.25) is 0 Å². The SMILES string of the molecule is Cc1cc(CN2CC(F)(F)C2)n(C)n1. The highest BCUT2D eigenvalue weighted by molar-refractivity contribution is 5.09. The highest BCUT2D eigenvalue weighted by atomic mass is 19.3. The van der Waals surface area contributed by atoms with Gasteiger partial charge in [-0.1, -0.05) is 0 Å². The number of halogens is 2. The minimum absolute atomic E-state index is 0.128. The molecular weight excluding hydrogens is 188 g/mol. The lowest BCUT2D eigenvalue weighted by Crippen LogP contribution is -2.55. The van der Waals surface area contributed by atoms with Crippen molar-refractivity contribution in [2.24, 2.45) is 7.05 Å². The van der Waals surface area contributed by atoms with Gasteiger partial charge in [0.15, 0.2) is 0 Å². The molecule has 1 aliphatic rings. The summed E-state index contributed by atoms with van der Waals surface area (Å²) in [6, 6.07) is 1.93. The minimum atomic E-state index is -2.48. The summed E-state index contributed by atoms with van der Waals surface area (Å²) in [5.74, 6) is -2.48. The van der Waals surface area contributed by atoms with E-state index in [4.69, 9.17) is 0 Å². The lowest BCUT2D eigenvalue weighted by Gasteiger charge is -2.38. The molecule has 3 nitrogen and oxygen atoms in total. The molecule has 2 rings (SSSR count). The Balaban J connectivity index is 1.96. The molecular formula is C9H13F2N3. The number of nitrogens with zero attached hydrogens (tertiary/aromatic N) is 3. The fourth-order valence-corrected chi connectivity index (χ4v) is 1.76. The third-order valence-corrected chi connectivity index (χ3v) is 2.39. The van der Waals surface area contributed by atoms with Crippen molar-refractivity contribution in [3.8, 4) is 0 Å². The highest BCUT2D eigenvalue weighted by Crippen LogP contribution is 2.27. The molecule has 0 bridgehead atoms. The molecule has 78 valence electrons. The topological polar surface area (TPSA) is 21.1 Å². The second-order valence-corrected chi connectivity index (χ2v) is 3.90. The molecule has 0 aliphatic carbocycles. The van der Waals surface area contributed by atoms with Crippen LogP contribution < -0.4 is 0 Å². The number of likely N-dealkylation sites (tertiary alicyclic amines) is 1. The summed E-state index contributed by atoms with van der Waals surface area (Å²) in [6.45, 7) is 2.20. The van der Waals surface area contributed by atoms with Gasteiger partial charge in [-0.05, 0) is 13.0 Å². The molecule has 0 atom stereocenters. The molecule has 1 aromatic heterocycles. The fourth-order valence-electron chi connectivity index (χ4n) is 1.76. The van der Waals surface area contributed by atoms with Crippen LogP contribution >= 0.6 is 0 Å². The van der Waals surface area contributed by atoms with Crippen LogP contribution in [0.4, 0.5) is 8.78 Å². The number of aryl methyl sites for hydroxylation is 2. The van der Waals surface area contributed by atoms with Gasteiger partial charge >= 0.3 is 0 Å². The average molecular weight is 201 g/mol. The molecule has 1 aliphatic heterocycles. The van der Waals surface area contributed by atoms with Gasteiger partial charge in [0, 0.05) is 13.6 Å². The van der Waals surface area contributed by atoms with Crippen molar-refractivity contribution >= 4 is 0 Å². The Morgan fingerprint density at radius 1 is 1.50 bits per heavy atom. The van der Waals surface area contributed by atoms with Crippen molar-refractivity contribution in [1.82, 2.24) is 14.7 Å². The van der Waals surface area contributed by atoms with E-state index in [2.05, 4.69) is 5.10 Å². The molecule has 1 aromatic rings. The first kappa shape index (κ1) is 9.58. The number of rotatable bonds is 2. The molecule has 1 saturated heterocycles. The third kappa shape index (κ3) is 1.77. The standard InChI is InChI=1S/C9H13F2N3/c1-7-3-8(13(2)12-7)4-14-5-9(10,11)6-14/h3H,4-6H2,1-2H3. The van der Waals surface area contributed by atoms with Crippen LogP contribution in [0.3, 0.4) is 0 Å². The van der Waals surface area contributed by atoms with E-state index >= 15 is 0 Å². The summed E-state index contributed by atoms with van der Waals surface area (Å²) in [4.78, 5) is 1.72. The van der Waals surface area contributed by atoms with Crippen LogP contribution in [0.2, 0.25) is 0 Å². The maximum absolute atomic E-state index is 12.5. The van der Waals surface area contributed by atoms with Gasteiger partial charge in [-0.3, -0.25) is 9.58 Å². The Hall–Kier alpha value is -0.970. The fraction of sp³-hybridized carbons (Fsp3) is 0.667. The zero-order chi connectivity index (χ0) is 10.3. The molecule has 2 heterocycles. The van der Waals surface area contributed by atoms with Crippen LogP contribution in [0, 0.1) is 6.92 Å². The first-order valence-corrected chi connectivity index (χ1v) is 4.56. The van der Waals surface area contributed by atoms with Crippen LogP contribution in [-0.2, 0) is 13.6 Å². The Morgan fingerprint density at radius 3 is 2.57 bits per heavy atom. The van der Waals surface area contributed by atoms with Gasteiger partial charge in [-0.25, -0.2) is 8.78 Å². The van der Waals surface area contributed by atoms with Crippen molar-refractivity contribution in [2.45, 2.75) is 19.4 Å². The van der Waals surface area contributed by atoms with E-state index < -0.39 is 5.92 Å². The quantitative estimate of drug-likeness (QED) is 0.716. The van der Waals surface area contributed by atoms with E-state index in [1.807, 2.05) is 20.0 Å². The number of hydrogen-bond acceptors (Lipinski definition) is 2. The Kier molecular flexibility index (Phi) is 2.06. The maximum atomic E-state index is 12.5. The van der Waals surface area contributed by atoms with Crippen LogP contribution in [0.15, 0.2) is 6.07 Å². The van der Waals surface area contributed by atoms with E-state index in [-0.39, 0.29) is 13.1 Å². The molecule has 5 heteroatoms. The lowest BCUT2D eigenvalue weighted by atomic mass is 10.1. The average Bonchev–Trinajstić information content (AvgIpc) is 2.26. The van der Waals surface area contributed by atoms with Crippen molar-refractivity contribution in [1.29, 1.82) is 0 Å². The predicted octanol–water partition coefficient (Wildman–Crippen LogP) is 1.18. The van der Waals surface area contributed by atoms with E-state index in [1.54, 1.807) is 9.58 Å². The van der Waals surface area contributed by atoms with E-state index in [0.717, 1.165) is 11.4 Å².